The molecule has 0 bridgehead atoms. The average molecular weight is 283 g/mol. The van der Waals surface area contributed by atoms with E-state index in [-0.39, 0.29) is 0 Å². The molecule has 0 spiro atoms. The van der Waals surface area contributed by atoms with Crippen LogP contribution in [0.2, 0.25) is 5.02 Å². The summed E-state index contributed by atoms with van der Waals surface area (Å²) >= 11 is 11.4. The smallest absolute Gasteiger partial charge is 0.107 e. The van der Waals surface area contributed by atoms with Crippen LogP contribution >= 0.6 is 23.8 Å². The van der Waals surface area contributed by atoms with E-state index in [9.17, 15) is 0 Å². The summed E-state index contributed by atoms with van der Waals surface area (Å²) in [5.74, 6) is 0. The fraction of sp³-hybridized carbons (Fsp3) is 0.500. The minimum atomic E-state index is 0.382. The Kier molecular flexibility index (Phi) is 4.46. The fourth-order valence-electron chi connectivity index (χ4n) is 2.84. The first-order valence-electron chi connectivity index (χ1n) is 6.50. The third-order valence-electron chi connectivity index (χ3n) is 3.65. The van der Waals surface area contributed by atoms with E-state index in [0.717, 1.165) is 17.8 Å². The van der Waals surface area contributed by atoms with Gasteiger partial charge >= 0.3 is 0 Å². The molecular formula is C14H19ClN2S. The van der Waals surface area contributed by atoms with Crippen molar-refractivity contribution in [2.24, 2.45) is 5.73 Å². The number of hydrogen-bond acceptors (Lipinski definition) is 2. The van der Waals surface area contributed by atoms with Crippen molar-refractivity contribution in [3.63, 3.8) is 0 Å². The van der Waals surface area contributed by atoms with Crippen LogP contribution in [-0.2, 0) is 0 Å². The highest BCUT2D eigenvalue weighted by Gasteiger charge is 2.24. The second-order valence-corrected chi connectivity index (χ2v) is 5.57. The van der Waals surface area contributed by atoms with Crippen LogP contribution in [-0.4, -0.2) is 17.6 Å². The molecule has 0 atom stereocenters. The van der Waals surface area contributed by atoms with Gasteiger partial charge in [0.2, 0.25) is 0 Å². The summed E-state index contributed by atoms with van der Waals surface area (Å²) < 4.78 is 0. The third-order valence-corrected chi connectivity index (χ3v) is 4.17. The summed E-state index contributed by atoms with van der Waals surface area (Å²) in [5, 5.41) is 0.649. The largest absolute Gasteiger partial charge is 0.389 e. The van der Waals surface area contributed by atoms with Gasteiger partial charge < -0.3 is 10.6 Å². The van der Waals surface area contributed by atoms with Gasteiger partial charge in [0.25, 0.3) is 0 Å². The minimum Gasteiger partial charge on any atom is -0.389 e. The molecule has 1 aromatic carbocycles. The lowest BCUT2D eigenvalue weighted by atomic mass is 10.1. The zero-order valence-corrected chi connectivity index (χ0v) is 12.2. The van der Waals surface area contributed by atoms with E-state index < -0.39 is 0 Å². The van der Waals surface area contributed by atoms with E-state index in [1.165, 1.54) is 25.7 Å². The number of anilines is 1. The molecule has 1 aliphatic carbocycles. The predicted molar refractivity (Wildman–Crippen MR) is 82.6 cm³/mol. The van der Waals surface area contributed by atoms with E-state index in [0.29, 0.717) is 16.1 Å². The molecule has 1 aromatic rings. The molecule has 2 nitrogen and oxygen atoms in total. The Morgan fingerprint density at radius 3 is 2.67 bits per heavy atom. The number of benzene rings is 1. The summed E-state index contributed by atoms with van der Waals surface area (Å²) in [6.07, 6.45) is 5.11. The van der Waals surface area contributed by atoms with Crippen LogP contribution in [0.5, 0.6) is 0 Å². The normalized spacial score (nSPS) is 15.9. The van der Waals surface area contributed by atoms with Crippen LogP contribution in [0.4, 0.5) is 5.69 Å². The van der Waals surface area contributed by atoms with Crippen LogP contribution in [0.3, 0.4) is 0 Å². The molecule has 1 aliphatic rings. The first-order chi connectivity index (χ1) is 8.65. The molecule has 4 heteroatoms. The van der Waals surface area contributed by atoms with Gasteiger partial charge in [-0.1, -0.05) is 42.7 Å². The van der Waals surface area contributed by atoms with E-state index in [2.05, 4.69) is 17.9 Å². The molecule has 0 unspecified atom stereocenters. The van der Waals surface area contributed by atoms with Gasteiger partial charge in [-0.05, 0) is 31.9 Å². The summed E-state index contributed by atoms with van der Waals surface area (Å²) in [6.45, 7) is 3.13. The number of rotatable bonds is 4. The molecule has 0 radical (unpaired) electrons. The Labute approximate surface area is 119 Å². The molecule has 2 rings (SSSR count). The maximum Gasteiger partial charge on any atom is 0.107 e. The van der Waals surface area contributed by atoms with Crippen LogP contribution in [0.25, 0.3) is 0 Å². The molecule has 0 heterocycles. The van der Waals surface area contributed by atoms with Crippen molar-refractivity contribution in [3.05, 3.63) is 28.8 Å². The maximum atomic E-state index is 6.24. The second kappa shape index (κ2) is 5.89. The zero-order valence-electron chi connectivity index (χ0n) is 10.7. The van der Waals surface area contributed by atoms with E-state index in [4.69, 9.17) is 29.6 Å². The zero-order chi connectivity index (χ0) is 13.1. The fourth-order valence-corrected chi connectivity index (χ4v) is 3.38. The molecule has 0 aromatic heterocycles. The van der Waals surface area contributed by atoms with Crippen molar-refractivity contribution in [1.29, 1.82) is 0 Å². The lowest BCUT2D eigenvalue weighted by Gasteiger charge is -2.32. The SMILES string of the molecule is CCN(c1cccc(Cl)c1C(N)=S)C1CCCC1. The topological polar surface area (TPSA) is 29.3 Å². The van der Waals surface area contributed by atoms with Crippen LogP contribution in [0, 0.1) is 0 Å². The van der Waals surface area contributed by atoms with Crippen LogP contribution < -0.4 is 10.6 Å². The van der Waals surface area contributed by atoms with Gasteiger partial charge in [0.05, 0.1) is 10.6 Å². The van der Waals surface area contributed by atoms with Gasteiger partial charge in [0, 0.05) is 18.3 Å². The quantitative estimate of drug-likeness (QED) is 0.853. The Hall–Kier alpha value is -0.800. The minimum absolute atomic E-state index is 0.382. The van der Waals surface area contributed by atoms with Crippen molar-refractivity contribution in [1.82, 2.24) is 0 Å². The van der Waals surface area contributed by atoms with Gasteiger partial charge in [0.1, 0.15) is 4.99 Å². The van der Waals surface area contributed by atoms with Crippen molar-refractivity contribution >= 4 is 34.5 Å². The predicted octanol–water partition coefficient (Wildman–Crippen LogP) is 3.74. The molecule has 18 heavy (non-hydrogen) atoms. The Bertz CT molecular complexity index is 441. The van der Waals surface area contributed by atoms with Crippen LogP contribution in [0.15, 0.2) is 18.2 Å². The molecule has 1 fully saturated rings. The number of hydrogen-bond donors (Lipinski definition) is 1. The van der Waals surface area contributed by atoms with Crippen LogP contribution in [0.1, 0.15) is 38.2 Å². The number of nitrogens with two attached hydrogens (primary N) is 1. The standard InChI is InChI=1S/C14H19ClN2S/c1-2-17(10-6-3-4-7-10)12-9-5-8-11(15)13(12)14(16)18/h5,8-10H,2-4,6-7H2,1H3,(H2,16,18). The number of thiocarbonyl (C=S) groups is 1. The van der Waals surface area contributed by atoms with Gasteiger partial charge in [-0.15, -0.1) is 0 Å². The molecule has 0 saturated heterocycles. The molecule has 98 valence electrons. The lowest BCUT2D eigenvalue weighted by Crippen LogP contribution is -2.34. The third kappa shape index (κ3) is 2.62. The van der Waals surface area contributed by atoms with Crippen molar-refractivity contribution in [3.8, 4) is 0 Å². The second-order valence-electron chi connectivity index (χ2n) is 4.72. The van der Waals surface area contributed by atoms with E-state index in [1.54, 1.807) is 0 Å². The molecule has 0 aliphatic heterocycles. The average Bonchev–Trinajstić information content (AvgIpc) is 2.83. The Morgan fingerprint density at radius 2 is 2.11 bits per heavy atom. The number of nitrogens with zero attached hydrogens (tertiary/aromatic N) is 1. The monoisotopic (exact) mass is 282 g/mol. The van der Waals surface area contributed by atoms with Gasteiger partial charge in [-0.2, -0.15) is 0 Å². The summed E-state index contributed by atoms with van der Waals surface area (Å²) in [5.41, 5.74) is 7.74. The van der Waals surface area contributed by atoms with Crippen molar-refractivity contribution in [2.75, 3.05) is 11.4 Å². The number of halogens is 1. The molecule has 2 N–H and O–H groups in total. The summed E-state index contributed by atoms with van der Waals surface area (Å²) in [6, 6.07) is 6.49. The summed E-state index contributed by atoms with van der Waals surface area (Å²) in [7, 11) is 0. The molecular weight excluding hydrogens is 264 g/mol. The Balaban J connectivity index is 2.41. The summed E-state index contributed by atoms with van der Waals surface area (Å²) in [4.78, 5) is 2.78. The van der Waals surface area contributed by atoms with Gasteiger partial charge in [0.15, 0.2) is 0 Å². The van der Waals surface area contributed by atoms with Crippen molar-refractivity contribution < 1.29 is 0 Å². The molecule has 1 saturated carbocycles. The highest BCUT2D eigenvalue weighted by Crippen LogP contribution is 2.33. The highest BCUT2D eigenvalue weighted by molar-refractivity contribution is 7.80. The van der Waals surface area contributed by atoms with E-state index >= 15 is 0 Å². The lowest BCUT2D eigenvalue weighted by molar-refractivity contribution is 0.619. The van der Waals surface area contributed by atoms with Crippen molar-refractivity contribution in [2.45, 2.75) is 38.6 Å². The first kappa shape index (κ1) is 13.6. The highest BCUT2D eigenvalue weighted by atomic mass is 35.5. The first-order valence-corrected chi connectivity index (χ1v) is 7.28. The van der Waals surface area contributed by atoms with Gasteiger partial charge in [-0.3, -0.25) is 0 Å². The van der Waals surface area contributed by atoms with Gasteiger partial charge in [-0.25, -0.2) is 0 Å². The van der Waals surface area contributed by atoms with E-state index in [1.807, 2.05) is 12.1 Å². The maximum absolute atomic E-state index is 6.24. The molecule has 0 amide bonds. The Morgan fingerprint density at radius 1 is 1.44 bits per heavy atom.